The molecular weight excluding hydrogens is 357 g/mol. The number of sulfonamides is 1. The lowest BCUT2D eigenvalue weighted by Crippen LogP contribution is -2.11. The molecule has 0 aliphatic heterocycles. The van der Waals surface area contributed by atoms with Crippen LogP contribution in [0.4, 0.5) is 4.39 Å². The topological polar surface area (TPSA) is 78.6 Å². The largest absolute Gasteiger partial charge is 0.493 e. The summed E-state index contributed by atoms with van der Waals surface area (Å²) in [6, 6.07) is 10.8. The Kier molecular flexibility index (Phi) is 4.71. The molecule has 7 heteroatoms. The molecule has 0 heterocycles. The third-order valence-corrected chi connectivity index (χ3v) is 6.09. The zero-order chi connectivity index (χ0) is 19.1. The lowest BCUT2D eigenvalue weighted by Gasteiger charge is -2.11. The lowest BCUT2D eigenvalue weighted by atomic mass is 10.0. The zero-order valence-corrected chi connectivity index (χ0v) is 15.7. The molecule has 0 saturated heterocycles. The highest BCUT2D eigenvalue weighted by Crippen LogP contribution is 2.64. The summed E-state index contributed by atoms with van der Waals surface area (Å²) in [5.41, 5.74) is 1.02. The number of nitrogens with two attached hydrogens (primary N) is 1. The van der Waals surface area contributed by atoms with Crippen LogP contribution < -0.4 is 14.6 Å². The van der Waals surface area contributed by atoms with Crippen LogP contribution in [0, 0.1) is 17.2 Å². The summed E-state index contributed by atoms with van der Waals surface area (Å²) in [6.07, 6.45) is 0. The molecule has 0 aromatic heterocycles. The first kappa shape index (κ1) is 18.7. The van der Waals surface area contributed by atoms with Crippen LogP contribution in [0.3, 0.4) is 0 Å². The van der Waals surface area contributed by atoms with E-state index in [4.69, 9.17) is 14.6 Å². The first-order valence-electron chi connectivity index (χ1n) is 8.23. The minimum Gasteiger partial charge on any atom is -0.493 e. The van der Waals surface area contributed by atoms with Crippen LogP contribution in [-0.2, 0) is 10.0 Å². The summed E-state index contributed by atoms with van der Waals surface area (Å²) < 4.78 is 47.2. The number of halogens is 1. The van der Waals surface area contributed by atoms with Crippen molar-refractivity contribution in [3.05, 3.63) is 53.8 Å². The Labute approximate surface area is 153 Å². The fourth-order valence-corrected chi connectivity index (χ4v) is 4.04. The van der Waals surface area contributed by atoms with Gasteiger partial charge in [-0.3, -0.25) is 0 Å². The van der Waals surface area contributed by atoms with Crippen molar-refractivity contribution in [2.45, 2.75) is 24.7 Å². The van der Waals surface area contributed by atoms with Crippen LogP contribution in [0.15, 0.2) is 47.4 Å². The molecule has 2 atom stereocenters. The second-order valence-electron chi connectivity index (χ2n) is 7.13. The number of rotatable bonds is 6. The van der Waals surface area contributed by atoms with Crippen LogP contribution in [0.5, 0.6) is 11.5 Å². The van der Waals surface area contributed by atoms with Gasteiger partial charge in [0.1, 0.15) is 5.82 Å². The van der Waals surface area contributed by atoms with Crippen molar-refractivity contribution < 1.29 is 22.3 Å². The van der Waals surface area contributed by atoms with Crippen molar-refractivity contribution in [1.29, 1.82) is 0 Å². The predicted molar refractivity (Wildman–Crippen MR) is 96.3 cm³/mol. The third kappa shape index (κ3) is 3.54. The summed E-state index contributed by atoms with van der Waals surface area (Å²) >= 11 is 0. The standard InChI is InChI=1S/C19H22FNO4S/c1-19(2)15(11-25-17-10-13(20)6-9-16(17)24-3)18(19)12-4-7-14(8-5-12)26(21,22)23/h4-10,15,18H,11H2,1-3H3,(H2,21,22,23)/t15-,18-/m1/s1. The molecule has 1 aliphatic rings. The van der Waals surface area contributed by atoms with E-state index in [1.807, 2.05) is 0 Å². The molecule has 3 rings (SSSR count). The highest BCUT2D eigenvalue weighted by molar-refractivity contribution is 7.89. The van der Waals surface area contributed by atoms with E-state index in [2.05, 4.69) is 13.8 Å². The van der Waals surface area contributed by atoms with E-state index in [1.165, 1.54) is 37.4 Å². The quantitative estimate of drug-likeness (QED) is 0.835. The molecule has 0 amide bonds. The van der Waals surface area contributed by atoms with Gasteiger partial charge in [-0.05, 0) is 41.2 Å². The molecule has 0 bridgehead atoms. The average Bonchev–Trinajstić information content (AvgIpc) is 3.13. The fraction of sp³-hybridized carbons (Fsp3) is 0.368. The van der Waals surface area contributed by atoms with E-state index in [9.17, 15) is 12.8 Å². The molecule has 1 saturated carbocycles. The Morgan fingerprint density at radius 2 is 1.77 bits per heavy atom. The van der Waals surface area contributed by atoms with Gasteiger partial charge >= 0.3 is 0 Å². The molecule has 26 heavy (non-hydrogen) atoms. The van der Waals surface area contributed by atoms with Crippen LogP contribution in [-0.4, -0.2) is 22.1 Å². The van der Waals surface area contributed by atoms with Crippen molar-refractivity contribution in [2.24, 2.45) is 16.5 Å². The van der Waals surface area contributed by atoms with E-state index in [-0.39, 0.29) is 28.0 Å². The Hall–Kier alpha value is -2.12. The summed E-state index contributed by atoms with van der Waals surface area (Å²) in [5, 5.41) is 5.14. The Morgan fingerprint density at radius 3 is 2.35 bits per heavy atom. The number of hydrogen-bond donors (Lipinski definition) is 1. The molecule has 2 aromatic carbocycles. The van der Waals surface area contributed by atoms with Crippen molar-refractivity contribution in [3.8, 4) is 11.5 Å². The maximum absolute atomic E-state index is 13.5. The average molecular weight is 379 g/mol. The predicted octanol–water partition coefficient (Wildman–Crippen LogP) is 3.30. The van der Waals surface area contributed by atoms with Gasteiger partial charge in [0.05, 0.1) is 18.6 Å². The molecular formula is C19H22FNO4S. The molecule has 0 unspecified atom stereocenters. The summed E-state index contributed by atoms with van der Waals surface area (Å²) in [4.78, 5) is 0.0944. The highest BCUT2D eigenvalue weighted by atomic mass is 32.2. The third-order valence-electron chi connectivity index (χ3n) is 5.16. The van der Waals surface area contributed by atoms with Gasteiger partial charge in [-0.25, -0.2) is 17.9 Å². The minimum absolute atomic E-state index is 0.0103. The molecule has 2 aromatic rings. The van der Waals surface area contributed by atoms with E-state index < -0.39 is 10.0 Å². The van der Waals surface area contributed by atoms with Crippen molar-refractivity contribution >= 4 is 10.0 Å². The smallest absolute Gasteiger partial charge is 0.238 e. The van der Waals surface area contributed by atoms with Gasteiger partial charge in [0.25, 0.3) is 0 Å². The van der Waals surface area contributed by atoms with Gasteiger partial charge in [0.15, 0.2) is 11.5 Å². The Bertz CT molecular complexity index is 910. The molecule has 0 radical (unpaired) electrons. The van der Waals surface area contributed by atoms with Gasteiger partial charge in [0.2, 0.25) is 10.0 Å². The second kappa shape index (κ2) is 6.55. The maximum Gasteiger partial charge on any atom is 0.238 e. The van der Waals surface area contributed by atoms with Crippen molar-refractivity contribution in [2.75, 3.05) is 13.7 Å². The van der Waals surface area contributed by atoms with E-state index in [0.29, 0.717) is 18.1 Å². The Balaban J connectivity index is 1.73. The molecule has 1 fully saturated rings. The number of benzene rings is 2. The molecule has 0 spiro atoms. The monoisotopic (exact) mass is 379 g/mol. The van der Waals surface area contributed by atoms with E-state index >= 15 is 0 Å². The van der Waals surface area contributed by atoms with Gasteiger partial charge < -0.3 is 9.47 Å². The fourth-order valence-electron chi connectivity index (χ4n) is 3.52. The van der Waals surface area contributed by atoms with Gasteiger partial charge in [-0.1, -0.05) is 26.0 Å². The number of methoxy groups -OCH3 is 1. The van der Waals surface area contributed by atoms with Crippen LogP contribution in [0.25, 0.3) is 0 Å². The van der Waals surface area contributed by atoms with Crippen molar-refractivity contribution in [1.82, 2.24) is 0 Å². The van der Waals surface area contributed by atoms with Gasteiger partial charge in [-0.2, -0.15) is 0 Å². The number of hydrogen-bond acceptors (Lipinski definition) is 4. The van der Waals surface area contributed by atoms with E-state index in [1.54, 1.807) is 12.1 Å². The molecule has 5 nitrogen and oxygen atoms in total. The SMILES string of the molecule is COc1ccc(F)cc1OC[C@@H]1[C@@H](c2ccc(S(N)(=O)=O)cc2)C1(C)C. The summed E-state index contributed by atoms with van der Waals surface area (Å²) in [7, 11) is -2.19. The molecule has 1 aliphatic carbocycles. The maximum atomic E-state index is 13.5. The first-order chi connectivity index (χ1) is 12.1. The summed E-state index contributed by atoms with van der Waals surface area (Å²) in [6.45, 7) is 4.67. The first-order valence-corrected chi connectivity index (χ1v) is 9.78. The van der Waals surface area contributed by atoms with Gasteiger partial charge in [0, 0.05) is 12.0 Å². The Morgan fingerprint density at radius 1 is 1.12 bits per heavy atom. The normalized spacial score (nSPS) is 21.3. The number of primary sulfonamides is 1. The molecule has 2 N–H and O–H groups in total. The lowest BCUT2D eigenvalue weighted by molar-refractivity contribution is 0.262. The minimum atomic E-state index is -3.70. The van der Waals surface area contributed by atoms with Crippen LogP contribution >= 0.6 is 0 Å². The zero-order valence-electron chi connectivity index (χ0n) is 14.9. The second-order valence-corrected chi connectivity index (χ2v) is 8.69. The van der Waals surface area contributed by atoms with E-state index in [0.717, 1.165) is 5.56 Å². The van der Waals surface area contributed by atoms with Crippen LogP contribution in [0.2, 0.25) is 0 Å². The van der Waals surface area contributed by atoms with Crippen molar-refractivity contribution in [3.63, 3.8) is 0 Å². The van der Waals surface area contributed by atoms with Crippen LogP contribution in [0.1, 0.15) is 25.3 Å². The van der Waals surface area contributed by atoms with Gasteiger partial charge in [-0.15, -0.1) is 0 Å². The highest BCUT2D eigenvalue weighted by Gasteiger charge is 2.58. The summed E-state index contributed by atoms with van der Waals surface area (Å²) in [5.74, 6) is 0.913. The number of ether oxygens (including phenoxy) is 2. The molecule has 140 valence electrons.